The van der Waals surface area contributed by atoms with Gasteiger partial charge in [-0.2, -0.15) is 0 Å². The number of carbonyl (C=O) groups excluding carboxylic acids is 2. The number of nitrogens with zero attached hydrogens (tertiary/aromatic N) is 1. The number of amides is 2. The van der Waals surface area contributed by atoms with Gasteiger partial charge in [0.2, 0.25) is 5.91 Å². The zero-order valence-electron chi connectivity index (χ0n) is 20.7. The predicted molar refractivity (Wildman–Crippen MR) is 133 cm³/mol. The second-order valence-corrected chi connectivity index (χ2v) is 15.5. The topological polar surface area (TPSA) is 95.9 Å². The van der Waals surface area contributed by atoms with Gasteiger partial charge >= 0.3 is 5.97 Å². The number of methoxy groups -OCH3 is 1. The lowest BCUT2D eigenvalue weighted by atomic mass is 9.73. The quantitative estimate of drug-likeness (QED) is 0.571. The molecule has 7 nitrogen and oxygen atoms in total. The van der Waals surface area contributed by atoms with Gasteiger partial charge in [-0.1, -0.05) is 25.7 Å². The van der Waals surface area contributed by atoms with Gasteiger partial charge < -0.3 is 20.1 Å². The molecule has 0 spiro atoms. The van der Waals surface area contributed by atoms with E-state index in [1.165, 1.54) is 12.0 Å². The maximum Gasteiger partial charge on any atom is 0.306 e. The second kappa shape index (κ2) is 9.65. The van der Waals surface area contributed by atoms with Crippen LogP contribution in [0.3, 0.4) is 0 Å². The maximum atomic E-state index is 14.8. The van der Waals surface area contributed by atoms with E-state index < -0.39 is 49.5 Å². The van der Waals surface area contributed by atoms with Crippen LogP contribution in [0.5, 0.6) is 5.75 Å². The number of benzene rings is 2. The number of carboxylic acids is 1. The van der Waals surface area contributed by atoms with Crippen molar-refractivity contribution in [2.24, 2.45) is 11.8 Å². The summed E-state index contributed by atoms with van der Waals surface area (Å²) in [5.74, 6) is -3.67. The lowest BCUT2D eigenvalue weighted by Crippen LogP contribution is -2.50. The summed E-state index contributed by atoms with van der Waals surface area (Å²) < 4.78 is 34.9. The van der Waals surface area contributed by atoms with Gasteiger partial charge in [0, 0.05) is 23.3 Å². The first-order valence-electron chi connectivity index (χ1n) is 11.9. The number of hydrogen-bond donors (Lipinski definition) is 2. The molecule has 36 heavy (non-hydrogen) atoms. The Bertz CT molecular complexity index is 1200. The Labute approximate surface area is 209 Å². The van der Waals surface area contributed by atoms with Crippen LogP contribution < -0.4 is 15.2 Å². The molecule has 192 valence electrons. The van der Waals surface area contributed by atoms with Crippen molar-refractivity contribution in [1.29, 1.82) is 0 Å². The first kappa shape index (κ1) is 25.8. The van der Waals surface area contributed by atoms with Gasteiger partial charge in [0.1, 0.15) is 23.4 Å². The number of nitrogens with one attached hydrogen (secondary N) is 1. The zero-order valence-corrected chi connectivity index (χ0v) is 21.7. The minimum Gasteiger partial charge on any atom is -0.497 e. The molecule has 4 rings (SSSR count). The lowest BCUT2D eigenvalue weighted by Gasteiger charge is -2.41. The lowest BCUT2D eigenvalue weighted by molar-refractivity contribution is -0.154. The summed E-state index contributed by atoms with van der Waals surface area (Å²) >= 11 is 0. The van der Waals surface area contributed by atoms with E-state index in [1.807, 2.05) is 25.7 Å². The van der Waals surface area contributed by atoms with E-state index in [-0.39, 0.29) is 36.2 Å². The molecule has 0 unspecified atom stereocenters. The molecule has 1 aliphatic carbocycles. The highest BCUT2D eigenvalue weighted by atomic mass is 28.3. The normalized spacial score (nSPS) is 21.3. The van der Waals surface area contributed by atoms with Crippen molar-refractivity contribution in [3.63, 3.8) is 0 Å². The average molecular weight is 517 g/mol. The first-order valence-corrected chi connectivity index (χ1v) is 15.4. The van der Waals surface area contributed by atoms with Crippen LogP contribution in [0.1, 0.15) is 30.0 Å². The number of hydrogen-bond acceptors (Lipinski definition) is 4. The van der Waals surface area contributed by atoms with Gasteiger partial charge in [-0.3, -0.25) is 14.4 Å². The molecular formula is C26H30F2N2O5Si. The number of halogens is 2. The molecule has 2 N–H and O–H groups in total. The van der Waals surface area contributed by atoms with E-state index in [0.29, 0.717) is 17.7 Å². The van der Waals surface area contributed by atoms with Crippen LogP contribution in [0.2, 0.25) is 19.6 Å². The van der Waals surface area contributed by atoms with Crippen LogP contribution in [0.15, 0.2) is 30.3 Å². The summed E-state index contributed by atoms with van der Waals surface area (Å²) in [4.78, 5) is 39.5. The molecule has 1 atom stereocenters. The highest BCUT2D eigenvalue weighted by molar-refractivity contribution is 6.88. The molecule has 2 amide bonds. The molecule has 1 fully saturated rings. The molecule has 2 aromatic rings. The second-order valence-electron chi connectivity index (χ2n) is 10.5. The molecular weight excluding hydrogens is 486 g/mol. The minimum absolute atomic E-state index is 0.0281. The van der Waals surface area contributed by atoms with Gasteiger partial charge in [0.15, 0.2) is 0 Å². The zero-order chi connectivity index (χ0) is 26.4. The largest absolute Gasteiger partial charge is 0.497 e. The molecule has 1 heterocycles. The van der Waals surface area contributed by atoms with Crippen molar-refractivity contribution < 1.29 is 33.0 Å². The molecule has 0 bridgehead atoms. The van der Waals surface area contributed by atoms with Gasteiger partial charge in [-0.25, -0.2) is 8.78 Å². The van der Waals surface area contributed by atoms with Crippen molar-refractivity contribution >= 4 is 36.7 Å². The van der Waals surface area contributed by atoms with E-state index >= 15 is 0 Å². The third kappa shape index (κ3) is 4.86. The van der Waals surface area contributed by atoms with Crippen LogP contribution in [-0.2, 0) is 20.8 Å². The summed E-state index contributed by atoms with van der Waals surface area (Å²) in [5, 5.41) is 11.8. The minimum atomic E-state index is -2.29. The number of carboxylic acid groups (broad SMARTS) is 1. The number of aliphatic carboxylic acids is 1. The Morgan fingerprint density at radius 2 is 1.69 bits per heavy atom. The van der Waals surface area contributed by atoms with Crippen molar-refractivity contribution in [2.75, 3.05) is 19.0 Å². The monoisotopic (exact) mass is 516 g/mol. The smallest absolute Gasteiger partial charge is 0.306 e. The summed E-state index contributed by atoms with van der Waals surface area (Å²) in [7, 11) is -0.759. The number of rotatable bonds is 6. The highest BCUT2D eigenvalue weighted by Gasteiger charge is 2.45. The van der Waals surface area contributed by atoms with E-state index in [4.69, 9.17) is 4.74 Å². The average Bonchev–Trinajstić information content (AvgIpc) is 2.74. The fourth-order valence-corrected chi connectivity index (χ4v) is 6.66. The van der Waals surface area contributed by atoms with Crippen LogP contribution in [0.4, 0.5) is 14.5 Å². The predicted octanol–water partition coefficient (Wildman–Crippen LogP) is 3.69. The Kier molecular flexibility index (Phi) is 6.92. The third-order valence-corrected chi connectivity index (χ3v) is 8.98. The van der Waals surface area contributed by atoms with E-state index in [1.54, 1.807) is 12.1 Å². The molecule has 1 aliphatic heterocycles. The van der Waals surface area contributed by atoms with Gasteiger partial charge in [0.25, 0.3) is 5.91 Å². The fourth-order valence-electron chi connectivity index (χ4n) is 5.08. The van der Waals surface area contributed by atoms with Crippen molar-refractivity contribution in [3.05, 3.63) is 53.1 Å². The fraction of sp³-hybridized carbons (Fsp3) is 0.423. The van der Waals surface area contributed by atoms with Crippen LogP contribution in [-0.4, -0.2) is 49.5 Å². The van der Waals surface area contributed by atoms with E-state index in [9.17, 15) is 28.3 Å². The van der Waals surface area contributed by atoms with Gasteiger partial charge in [0.05, 0.1) is 21.1 Å². The molecule has 2 aliphatic rings. The van der Waals surface area contributed by atoms with Crippen LogP contribution in [0.25, 0.3) is 0 Å². The van der Waals surface area contributed by atoms with Crippen LogP contribution in [0, 0.1) is 23.5 Å². The Morgan fingerprint density at radius 3 is 2.25 bits per heavy atom. The Hall–Kier alpha value is -3.27. The van der Waals surface area contributed by atoms with Gasteiger partial charge in [-0.15, -0.1) is 0 Å². The Balaban J connectivity index is 1.65. The summed E-state index contributed by atoms with van der Waals surface area (Å²) in [6.07, 6.45) is 0.942. The molecule has 1 saturated carbocycles. The van der Waals surface area contributed by atoms with E-state index in [2.05, 4.69) is 5.32 Å². The van der Waals surface area contributed by atoms with Crippen molar-refractivity contribution in [3.8, 4) is 5.75 Å². The number of anilines is 1. The van der Waals surface area contributed by atoms with E-state index in [0.717, 1.165) is 17.7 Å². The Morgan fingerprint density at radius 1 is 1.06 bits per heavy atom. The molecule has 0 saturated heterocycles. The number of ether oxygens (including phenoxy) is 1. The maximum absolute atomic E-state index is 14.8. The number of fused-ring (bicyclic) bond motifs is 1. The molecule has 10 heteroatoms. The summed E-state index contributed by atoms with van der Waals surface area (Å²) in [6, 6.07) is 6.42. The molecule has 0 aromatic heterocycles. The van der Waals surface area contributed by atoms with Crippen LogP contribution >= 0.6 is 0 Å². The SMILES string of the molecule is COc1ccc2c(c1)CCN(C(=O)C1CC(C(=O)O)C1)[C@H]2C(=O)Nc1cc(F)c([Si](C)(C)C)c(F)c1. The van der Waals surface area contributed by atoms with Gasteiger partial charge in [-0.05, 0) is 54.7 Å². The van der Waals surface area contributed by atoms with Crippen molar-refractivity contribution in [1.82, 2.24) is 4.90 Å². The standard InChI is InChI=1S/C26H30F2N2O5Si/c1-35-18-5-6-19-14(11-18)7-8-30(25(32)15-9-16(10-15)26(33)34)22(19)24(31)29-17-12-20(27)23(21(28)13-17)36(2,3)4/h5-6,11-13,15-16,22H,7-10H2,1-4H3,(H,29,31)(H,33,34)/t15?,16?,22-/m1/s1. The highest BCUT2D eigenvalue weighted by Crippen LogP contribution is 2.40. The summed E-state index contributed by atoms with van der Waals surface area (Å²) in [6.45, 7) is 5.75. The summed E-state index contributed by atoms with van der Waals surface area (Å²) in [5.41, 5.74) is 1.41. The third-order valence-electron chi connectivity index (χ3n) is 7.01. The molecule has 2 aromatic carbocycles. The number of carbonyl (C=O) groups is 3. The first-order chi connectivity index (χ1) is 16.9. The molecule has 0 radical (unpaired) electrons. The van der Waals surface area contributed by atoms with Crippen molar-refractivity contribution in [2.45, 2.75) is 44.9 Å².